The second-order valence-electron chi connectivity index (χ2n) is 9.64. The number of hydrogen-bond donors (Lipinski definition) is 0. The van der Waals surface area contributed by atoms with E-state index >= 15 is 0 Å². The molecule has 2 fully saturated rings. The van der Waals surface area contributed by atoms with E-state index in [0.29, 0.717) is 72.0 Å². The van der Waals surface area contributed by atoms with Gasteiger partial charge in [0.2, 0.25) is 0 Å². The monoisotopic (exact) mass is 593 g/mol. The number of fused-ring (bicyclic) bond motifs is 1. The molecule has 2 aromatic heterocycles. The van der Waals surface area contributed by atoms with Gasteiger partial charge in [-0.25, -0.2) is 9.78 Å². The van der Waals surface area contributed by atoms with Crippen LogP contribution in [-0.4, -0.2) is 81.9 Å². The smallest absolute Gasteiger partial charge is 0.409 e. The van der Waals surface area contributed by atoms with Gasteiger partial charge in [-0.3, -0.25) is 18.9 Å². The van der Waals surface area contributed by atoms with Crippen LogP contribution in [0.25, 0.3) is 11.7 Å². The summed E-state index contributed by atoms with van der Waals surface area (Å²) in [5.41, 5.74) is 2.50. The molecule has 214 valence electrons. The summed E-state index contributed by atoms with van der Waals surface area (Å²) in [5.74, 6) is 1.02. The molecule has 2 aliphatic rings. The number of carbonyl (C=O) groups excluding carboxylic acids is 2. The molecule has 3 aromatic rings. The van der Waals surface area contributed by atoms with Gasteiger partial charge < -0.3 is 19.3 Å². The van der Waals surface area contributed by atoms with Crippen molar-refractivity contribution in [2.75, 3.05) is 51.3 Å². The van der Waals surface area contributed by atoms with Crippen molar-refractivity contribution in [3.63, 3.8) is 0 Å². The van der Waals surface area contributed by atoms with E-state index in [4.69, 9.17) is 26.7 Å². The van der Waals surface area contributed by atoms with Crippen LogP contribution in [0.5, 0.6) is 5.75 Å². The Morgan fingerprint density at radius 2 is 1.85 bits per heavy atom. The number of thiocarbonyl (C=S) groups is 1. The molecular formula is C29H31N5O5S2. The lowest BCUT2D eigenvalue weighted by Crippen LogP contribution is -2.49. The molecule has 0 bridgehead atoms. The number of carbonyl (C=O) groups is 2. The summed E-state index contributed by atoms with van der Waals surface area (Å²) >= 11 is 6.74. The maximum Gasteiger partial charge on any atom is 0.409 e. The Morgan fingerprint density at radius 3 is 2.54 bits per heavy atom. The lowest BCUT2D eigenvalue weighted by Gasteiger charge is -2.35. The van der Waals surface area contributed by atoms with Crippen LogP contribution < -0.4 is 15.2 Å². The number of ether oxygens (including phenoxy) is 2. The number of rotatable bonds is 7. The van der Waals surface area contributed by atoms with Gasteiger partial charge in [-0.2, -0.15) is 0 Å². The largest absolute Gasteiger partial charge is 0.497 e. The second-order valence-corrected chi connectivity index (χ2v) is 11.3. The van der Waals surface area contributed by atoms with E-state index < -0.39 is 0 Å². The Hall–Kier alpha value is -3.90. The zero-order chi connectivity index (χ0) is 29.1. The molecule has 0 unspecified atom stereocenters. The number of methoxy groups -OCH3 is 1. The van der Waals surface area contributed by atoms with E-state index in [1.807, 2.05) is 42.2 Å². The van der Waals surface area contributed by atoms with Crippen LogP contribution in [-0.2, 0) is 16.0 Å². The normalized spacial score (nSPS) is 16.7. The summed E-state index contributed by atoms with van der Waals surface area (Å²) in [6.45, 7) is 6.21. The third-order valence-electron chi connectivity index (χ3n) is 7.10. The molecule has 0 saturated carbocycles. The summed E-state index contributed by atoms with van der Waals surface area (Å²) in [4.78, 5) is 50.0. The number of piperazine rings is 1. The summed E-state index contributed by atoms with van der Waals surface area (Å²) in [5, 5.41) is 0. The average molecular weight is 594 g/mol. The molecule has 4 heterocycles. The average Bonchev–Trinajstić information content (AvgIpc) is 3.25. The highest BCUT2D eigenvalue weighted by Gasteiger charge is 2.33. The molecule has 0 N–H and O–H groups in total. The van der Waals surface area contributed by atoms with Crippen LogP contribution in [0.3, 0.4) is 0 Å². The Kier molecular flexibility index (Phi) is 8.60. The van der Waals surface area contributed by atoms with Gasteiger partial charge in [0.25, 0.3) is 11.5 Å². The summed E-state index contributed by atoms with van der Waals surface area (Å²) in [6.07, 6.45) is 3.56. The maximum atomic E-state index is 13.8. The van der Waals surface area contributed by atoms with Crippen LogP contribution >= 0.6 is 24.0 Å². The van der Waals surface area contributed by atoms with Crippen LogP contribution in [0.4, 0.5) is 10.6 Å². The zero-order valence-corrected chi connectivity index (χ0v) is 24.8. The molecule has 1 aromatic carbocycles. The van der Waals surface area contributed by atoms with Crippen molar-refractivity contribution < 1.29 is 19.1 Å². The van der Waals surface area contributed by atoms with E-state index in [-0.39, 0.29) is 17.6 Å². The van der Waals surface area contributed by atoms with Crippen LogP contribution in [0.1, 0.15) is 23.6 Å². The fourth-order valence-electron chi connectivity index (χ4n) is 4.84. The van der Waals surface area contributed by atoms with Gasteiger partial charge in [0.05, 0.1) is 24.2 Å². The molecule has 2 amide bonds. The number of aryl methyl sites for hydroxylation is 1. The molecule has 12 heteroatoms. The van der Waals surface area contributed by atoms with Crippen LogP contribution in [0.2, 0.25) is 0 Å². The van der Waals surface area contributed by atoms with Gasteiger partial charge in [-0.15, -0.1) is 0 Å². The van der Waals surface area contributed by atoms with Crippen molar-refractivity contribution in [1.82, 2.24) is 19.2 Å². The first kappa shape index (κ1) is 28.6. The minimum absolute atomic E-state index is 0.236. The molecule has 5 rings (SSSR count). The molecular weight excluding hydrogens is 562 g/mol. The van der Waals surface area contributed by atoms with E-state index in [1.54, 1.807) is 42.2 Å². The predicted molar refractivity (Wildman–Crippen MR) is 164 cm³/mol. The second kappa shape index (κ2) is 12.3. The first-order valence-corrected chi connectivity index (χ1v) is 14.6. The predicted octanol–water partition coefficient (Wildman–Crippen LogP) is 3.73. The fraction of sp³-hybridized carbons (Fsp3) is 0.345. The highest BCUT2D eigenvalue weighted by Crippen LogP contribution is 2.34. The van der Waals surface area contributed by atoms with Crippen molar-refractivity contribution in [2.45, 2.75) is 20.3 Å². The number of aromatic nitrogens is 2. The summed E-state index contributed by atoms with van der Waals surface area (Å²) in [7, 11) is 1.62. The number of benzene rings is 1. The van der Waals surface area contributed by atoms with Crippen molar-refractivity contribution in [3.05, 3.63) is 74.5 Å². The number of anilines is 1. The Bertz CT molecular complexity index is 1580. The Morgan fingerprint density at radius 1 is 1.12 bits per heavy atom. The Balaban J connectivity index is 1.44. The minimum atomic E-state index is -0.354. The van der Waals surface area contributed by atoms with Gasteiger partial charge in [-0.05, 0) is 55.7 Å². The first-order valence-electron chi connectivity index (χ1n) is 13.4. The summed E-state index contributed by atoms with van der Waals surface area (Å²) < 4.78 is 12.3. The highest BCUT2D eigenvalue weighted by molar-refractivity contribution is 8.26. The molecule has 0 aliphatic carbocycles. The molecule has 41 heavy (non-hydrogen) atoms. The van der Waals surface area contributed by atoms with Crippen LogP contribution in [0, 0.1) is 6.92 Å². The van der Waals surface area contributed by atoms with E-state index in [0.717, 1.165) is 16.9 Å². The lowest BCUT2D eigenvalue weighted by molar-refractivity contribution is -0.122. The van der Waals surface area contributed by atoms with Crippen LogP contribution in [0.15, 0.2) is 52.3 Å². The van der Waals surface area contributed by atoms with Crippen molar-refractivity contribution in [1.29, 1.82) is 0 Å². The van der Waals surface area contributed by atoms with Gasteiger partial charge in [-0.1, -0.05) is 42.2 Å². The van der Waals surface area contributed by atoms with Crippen molar-refractivity contribution in [2.24, 2.45) is 0 Å². The van der Waals surface area contributed by atoms with Crippen molar-refractivity contribution in [3.8, 4) is 5.75 Å². The molecule has 0 spiro atoms. The summed E-state index contributed by atoms with van der Waals surface area (Å²) in [6, 6.07) is 11.4. The molecule has 10 nitrogen and oxygen atoms in total. The lowest BCUT2D eigenvalue weighted by atomic mass is 10.1. The quantitative estimate of drug-likeness (QED) is 0.300. The number of amides is 2. The number of thioether (sulfide) groups is 1. The number of pyridine rings is 1. The Labute approximate surface area is 247 Å². The van der Waals surface area contributed by atoms with Crippen molar-refractivity contribution >= 4 is 57.8 Å². The number of hydrogen-bond acceptors (Lipinski definition) is 9. The standard InChI is InChI=1S/C29H31N5O5S2/c1-4-39-28(37)32-16-14-31(15-17-32)25-22(26(35)33-12-5-6-19(2)24(33)30-25)18-23-27(36)34(29(40)41-23)13-11-20-7-9-21(38-3)10-8-20/h5-10,12,18H,4,11,13-17H2,1-3H3/b23-18+. The molecule has 0 radical (unpaired) electrons. The fourth-order valence-corrected chi connectivity index (χ4v) is 6.13. The number of nitrogens with zero attached hydrogens (tertiary/aromatic N) is 5. The first-order chi connectivity index (χ1) is 19.8. The molecule has 2 saturated heterocycles. The minimum Gasteiger partial charge on any atom is -0.497 e. The van der Waals surface area contributed by atoms with Gasteiger partial charge in [0, 0.05) is 38.9 Å². The van der Waals surface area contributed by atoms with E-state index in [1.165, 1.54) is 16.2 Å². The van der Waals surface area contributed by atoms with E-state index in [2.05, 4.69) is 0 Å². The maximum absolute atomic E-state index is 13.8. The van der Waals surface area contributed by atoms with E-state index in [9.17, 15) is 14.4 Å². The topological polar surface area (TPSA) is 96.7 Å². The molecule has 0 atom stereocenters. The zero-order valence-electron chi connectivity index (χ0n) is 23.2. The third kappa shape index (κ3) is 5.94. The van der Waals surface area contributed by atoms with Gasteiger partial charge in [0.1, 0.15) is 21.5 Å². The SMILES string of the molecule is CCOC(=O)N1CCN(c2nc3c(C)cccn3c(=O)c2/C=C2/SC(=S)N(CCc3ccc(OC)cc3)C2=O)CC1. The van der Waals surface area contributed by atoms with Gasteiger partial charge in [0.15, 0.2) is 0 Å². The third-order valence-corrected chi connectivity index (χ3v) is 8.48. The van der Waals surface area contributed by atoms with Gasteiger partial charge >= 0.3 is 6.09 Å². The highest BCUT2D eigenvalue weighted by atomic mass is 32.2. The molecule has 2 aliphatic heterocycles.